The van der Waals surface area contributed by atoms with Crippen molar-refractivity contribution >= 4 is 17.5 Å². The number of hydrogen-bond donors (Lipinski definition) is 2. The van der Waals surface area contributed by atoms with E-state index in [-0.39, 0.29) is 17.2 Å². The Morgan fingerprint density at radius 1 is 0.926 bits per heavy atom. The molecule has 0 heterocycles. The van der Waals surface area contributed by atoms with E-state index >= 15 is 0 Å². The zero-order valence-corrected chi connectivity index (χ0v) is 14.6. The van der Waals surface area contributed by atoms with E-state index in [1.54, 1.807) is 13.8 Å². The molecule has 0 saturated heterocycles. The van der Waals surface area contributed by atoms with Crippen LogP contribution >= 0.6 is 0 Å². The zero-order chi connectivity index (χ0) is 20.2. The molecule has 8 heteroatoms. The van der Waals surface area contributed by atoms with Gasteiger partial charge in [-0.15, -0.1) is 0 Å². The van der Waals surface area contributed by atoms with Crippen molar-refractivity contribution in [3.63, 3.8) is 0 Å². The molecular formula is C19H18F4N2O2. The number of benzene rings is 2. The van der Waals surface area contributed by atoms with E-state index in [0.29, 0.717) is 0 Å². The maximum atomic E-state index is 12.9. The molecule has 27 heavy (non-hydrogen) atoms. The van der Waals surface area contributed by atoms with Crippen molar-refractivity contribution in [2.24, 2.45) is 5.92 Å². The molecule has 2 aromatic rings. The summed E-state index contributed by atoms with van der Waals surface area (Å²) in [6, 6.07) is 7.90. The Labute approximate surface area is 153 Å². The monoisotopic (exact) mass is 382 g/mol. The second-order valence-corrected chi connectivity index (χ2v) is 6.27. The summed E-state index contributed by atoms with van der Waals surface area (Å²) in [4.78, 5) is 24.7. The number of amides is 2. The maximum absolute atomic E-state index is 12.9. The molecule has 0 aliphatic rings. The van der Waals surface area contributed by atoms with E-state index in [2.05, 4.69) is 10.6 Å². The number of carbonyl (C=O) groups excluding carboxylic acids is 2. The molecule has 2 rings (SSSR count). The van der Waals surface area contributed by atoms with Gasteiger partial charge in [-0.2, -0.15) is 13.2 Å². The molecule has 2 aromatic carbocycles. The average molecular weight is 382 g/mol. The van der Waals surface area contributed by atoms with Crippen LogP contribution in [0.4, 0.5) is 23.2 Å². The van der Waals surface area contributed by atoms with E-state index in [4.69, 9.17) is 0 Å². The predicted molar refractivity (Wildman–Crippen MR) is 92.6 cm³/mol. The predicted octanol–water partition coefficient (Wildman–Crippen LogP) is 4.24. The van der Waals surface area contributed by atoms with Crippen LogP contribution in [0.5, 0.6) is 0 Å². The molecular weight excluding hydrogens is 364 g/mol. The topological polar surface area (TPSA) is 58.2 Å². The minimum absolute atomic E-state index is 0.176. The molecule has 1 atom stereocenters. The van der Waals surface area contributed by atoms with Gasteiger partial charge in [0.2, 0.25) is 5.91 Å². The highest BCUT2D eigenvalue weighted by Gasteiger charge is 2.30. The lowest BCUT2D eigenvalue weighted by Gasteiger charge is -2.22. The largest absolute Gasteiger partial charge is 0.416 e. The molecule has 0 aliphatic carbocycles. The second kappa shape index (κ2) is 8.20. The van der Waals surface area contributed by atoms with Gasteiger partial charge in [-0.3, -0.25) is 9.59 Å². The molecule has 2 amide bonds. The SMILES string of the molecule is CC(C)[C@H](NC(=O)c1ccc(F)cc1)C(=O)Nc1ccc(C(F)(F)F)cc1. The second-order valence-electron chi connectivity index (χ2n) is 6.27. The third kappa shape index (κ3) is 5.54. The molecule has 0 bridgehead atoms. The lowest BCUT2D eigenvalue weighted by atomic mass is 10.0. The first-order valence-electron chi connectivity index (χ1n) is 8.12. The molecule has 0 aromatic heterocycles. The molecule has 0 aliphatic heterocycles. The van der Waals surface area contributed by atoms with Gasteiger partial charge in [0, 0.05) is 11.3 Å². The molecule has 144 valence electrons. The normalized spacial score (nSPS) is 12.6. The van der Waals surface area contributed by atoms with Crippen molar-refractivity contribution in [3.8, 4) is 0 Å². The summed E-state index contributed by atoms with van der Waals surface area (Å²) >= 11 is 0. The van der Waals surface area contributed by atoms with Crippen LogP contribution in [0.15, 0.2) is 48.5 Å². The Morgan fingerprint density at radius 2 is 1.48 bits per heavy atom. The first-order valence-corrected chi connectivity index (χ1v) is 8.12. The first kappa shape index (κ1) is 20.4. The van der Waals surface area contributed by atoms with Gasteiger partial charge >= 0.3 is 6.18 Å². The zero-order valence-electron chi connectivity index (χ0n) is 14.6. The average Bonchev–Trinajstić information content (AvgIpc) is 2.59. The summed E-state index contributed by atoms with van der Waals surface area (Å²) in [5.41, 5.74) is -0.468. The Balaban J connectivity index is 2.08. The van der Waals surface area contributed by atoms with Crippen molar-refractivity contribution in [1.29, 1.82) is 0 Å². The van der Waals surface area contributed by atoms with E-state index in [1.807, 2.05) is 0 Å². The number of hydrogen-bond acceptors (Lipinski definition) is 2. The summed E-state index contributed by atoms with van der Waals surface area (Å²) < 4.78 is 50.7. The van der Waals surface area contributed by atoms with Gasteiger partial charge in [-0.05, 0) is 54.4 Å². The minimum atomic E-state index is -4.47. The summed E-state index contributed by atoms with van der Waals surface area (Å²) in [6.07, 6.45) is -4.47. The fraction of sp³-hybridized carbons (Fsp3) is 0.263. The van der Waals surface area contributed by atoms with E-state index in [1.165, 1.54) is 12.1 Å². The highest BCUT2D eigenvalue weighted by Crippen LogP contribution is 2.29. The van der Waals surface area contributed by atoms with E-state index in [0.717, 1.165) is 36.4 Å². The van der Waals surface area contributed by atoms with Crippen LogP contribution in [-0.4, -0.2) is 17.9 Å². The highest BCUT2D eigenvalue weighted by atomic mass is 19.4. The fourth-order valence-electron chi connectivity index (χ4n) is 2.32. The molecule has 0 saturated carbocycles. The van der Waals surface area contributed by atoms with Crippen LogP contribution in [0.3, 0.4) is 0 Å². The Bertz CT molecular complexity index is 800. The lowest BCUT2D eigenvalue weighted by molar-refractivity contribution is -0.137. The number of alkyl halides is 3. The smallest absolute Gasteiger partial charge is 0.340 e. The van der Waals surface area contributed by atoms with Crippen molar-refractivity contribution in [2.75, 3.05) is 5.32 Å². The molecule has 0 radical (unpaired) electrons. The van der Waals surface area contributed by atoms with Gasteiger partial charge in [0.25, 0.3) is 5.91 Å². The standard InChI is InChI=1S/C19H18F4N2O2/c1-11(2)16(25-17(26)12-3-7-14(20)8-4-12)18(27)24-15-9-5-13(6-10-15)19(21,22)23/h3-11,16H,1-2H3,(H,24,27)(H,25,26)/t16-/m0/s1. The van der Waals surface area contributed by atoms with Crippen LogP contribution in [0.2, 0.25) is 0 Å². The Hall–Kier alpha value is -2.90. The van der Waals surface area contributed by atoms with Crippen LogP contribution in [0, 0.1) is 11.7 Å². The third-order valence-electron chi connectivity index (χ3n) is 3.82. The van der Waals surface area contributed by atoms with Gasteiger partial charge in [0.05, 0.1) is 5.56 Å². The summed E-state index contributed by atoms with van der Waals surface area (Å²) in [6.45, 7) is 3.42. The summed E-state index contributed by atoms with van der Waals surface area (Å²) in [7, 11) is 0. The van der Waals surface area contributed by atoms with Gasteiger partial charge in [-0.1, -0.05) is 13.8 Å². The van der Waals surface area contributed by atoms with E-state index < -0.39 is 35.4 Å². The maximum Gasteiger partial charge on any atom is 0.416 e. The van der Waals surface area contributed by atoms with Crippen LogP contribution in [0.25, 0.3) is 0 Å². The molecule has 0 unspecified atom stereocenters. The van der Waals surface area contributed by atoms with Gasteiger partial charge in [-0.25, -0.2) is 4.39 Å². The van der Waals surface area contributed by atoms with Crippen LogP contribution < -0.4 is 10.6 Å². The van der Waals surface area contributed by atoms with Crippen molar-refractivity contribution < 1.29 is 27.2 Å². The molecule has 2 N–H and O–H groups in total. The first-order chi connectivity index (χ1) is 12.6. The molecule has 0 spiro atoms. The number of rotatable bonds is 5. The molecule has 0 fully saturated rings. The quantitative estimate of drug-likeness (QED) is 0.760. The Kier molecular flexibility index (Phi) is 6.20. The highest BCUT2D eigenvalue weighted by molar-refractivity contribution is 6.01. The minimum Gasteiger partial charge on any atom is -0.340 e. The molecule has 4 nitrogen and oxygen atoms in total. The summed E-state index contributed by atoms with van der Waals surface area (Å²) in [5.74, 6) is -1.91. The fourth-order valence-corrected chi connectivity index (χ4v) is 2.32. The number of anilines is 1. The number of carbonyl (C=O) groups is 2. The lowest BCUT2D eigenvalue weighted by Crippen LogP contribution is -2.47. The Morgan fingerprint density at radius 3 is 1.96 bits per heavy atom. The van der Waals surface area contributed by atoms with Crippen LogP contribution in [0.1, 0.15) is 29.8 Å². The van der Waals surface area contributed by atoms with Crippen LogP contribution in [-0.2, 0) is 11.0 Å². The van der Waals surface area contributed by atoms with Gasteiger partial charge in [0.1, 0.15) is 11.9 Å². The number of halogens is 4. The van der Waals surface area contributed by atoms with Crippen molar-refractivity contribution in [2.45, 2.75) is 26.1 Å². The van der Waals surface area contributed by atoms with Crippen molar-refractivity contribution in [1.82, 2.24) is 5.32 Å². The van der Waals surface area contributed by atoms with Gasteiger partial charge in [0.15, 0.2) is 0 Å². The third-order valence-corrected chi connectivity index (χ3v) is 3.82. The number of nitrogens with one attached hydrogen (secondary N) is 2. The van der Waals surface area contributed by atoms with E-state index in [9.17, 15) is 27.2 Å². The summed E-state index contributed by atoms with van der Waals surface area (Å²) in [5, 5.41) is 5.04. The van der Waals surface area contributed by atoms with Gasteiger partial charge < -0.3 is 10.6 Å². The van der Waals surface area contributed by atoms with Crippen molar-refractivity contribution in [3.05, 3.63) is 65.5 Å².